The van der Waals surface area contributed by atoms with Gasteiger partial charge in [-0.25, -0.2) is 0 Å². The fraction of sp³-hybridized carbons (Fsp3) is 0.150. The number of benzene rings is 3. The summed E-state index contributed by atoms with van der Waals surface area (Å²) in [6.07, 6.45) is 0.778. The number of carbonyl (C=O) groups excluding carboxylic acids is 1. The second-order valence-electron chi connectivity index (χ2n) is 5.71. The molecule has 3 heteroatoms. The molecule has 3 N–H and O–H groups in total. The molecule has 0 radical (unpaired) electrons. The van der Waals surface area contributed by atoms with Crippen LogP contribution in [-0.4, -0.2) is 12.5 Å². The molecule has 3 aromatic carbocycles. The van der Waals surface area contributed by atoms with Crippen LogP contribution in [-0.2, 0) is 11.2 Å². The van der Waals surface area contributed by atoms with Gasteiger partial charge in [0.1, 0.15) is 0 Å². The van der Waals surface area contributed by atoms with Crippen LogP contribution in [0, 0.1) is 0 Å². The van der Waals surface area contributed by atoms with E-state index in [0.717, 1.165) is 17.5 Å². The molecule has 0 saturated carbocycles. The van der Waals surface area contributed by atoms with Crippen LogP contribution in [0.1, 0.15) is 12.5 Å². The van der Waals surface area contributed by atoms with Gasteiger partial charge in [0.2, 0.25) is 5.91 Å². The first-order valence-corrected chi connectivity index (χ1v) is 7.75. The minimum absolute atomic E-state index is 0.00645. The number of rotatable bonds is 4. The number of amides is 1. The Morgan fingerprint density at radius 1 is 1.00 bits per heavy atom. The van der Waals surface area contributed by atoms with Gasteiger partial charge in [-0.2, -0.15) is 0 Å². The molecule has 0 aliphatic carbocycles. The van der Waals surface area contributed by atoms with Crippen LogP contribution in [0.15, 0.2) is 60.7 Å². The van der Waals surface area contributed by atoms with Gasteiger partial charge in [0.25, 0.3) is 0 Å². The van der Waals surface area contributed by atoms with Crippen LogP contribution in [0.4, 0.5) is 5.69 Å². The molecule has 0 atom stereocenters. The van der Waals surface area contributed by atoms with Gasteiger partial charge in [0.05, 0.1) is 0 Å². The van der Waals surface area contributed by atoms with Crippen molar-refractivity contribution in [2.24, 2.45) is 0 Å². The normalized spacial score (nSPS) is 10.7. The Labute approximate surface area is 136 Å². The number of nitrogens with one attached hydrogen (secondary N) is 1. The van der Waals surface area contributed by atoms with Crippen LogP contribution in [0.3, 0.4) is 0 Å². The van der Waals surface area contributed by atoms with Crippen molar-refractivity contribution >= 4 is 22.4 Å². The standard InChI is InChI=1S/C20H20N2O/c1-14(23)22-10-9-17-12-18(15-5-3-2-4-6-15)11-16-7-8-19(21)13-20(16)17/h2-8,11-13H,9-10,21H2,1H3,(H,22,23). The second-order valence-corrected chi connectivity index (χ2v) is 5.71. The third kappa shape index (κ3) is 3.51. The fourth-order valence-electron chi connectivity index (χ4n) is 2.83. The average molecular weight is 304 g/mol. The Bertz CT molecular complexity index is 841. The van der Waals surface area contributed by atoms with E-state index < -0.39 is 0 Å². The van der Waals surface area contributed by atoms with Crippen LogP contribution >= 0.6 is 0 Å². The van der Waals surface area contributed by atoms with Crippen molar-refractivity contribution < 1.29 is 4.79 Å². The Balaban J connectivity index is 2.06. The number of hydrogen-bond donors (Lipinski definition) is 2. The number of fused-ring (bicyclic) bond motifs is 1. The van der Waals surface area contributed by atoms with E-state index in [0.29, 0.717) is 6.54 Å². The van der Waals surface area contributed by atoms with E-state index in [1.54, 1.807) is 0 Å². The van der Waals surface area contributed by atoms with E-state index in [9.17, 15) is 4.79 Å². The lowest BCUT2D eigenvalue weighted by atomic mass is 9.95. The van der Waals surface area contributed by atoms with Crippen LogP contribution < -0.4 is 11.1 Å². The number of nitrogens with two attached hydrogens (primary N) is 1. The summed E-state index contributed by atoms with van der Waals surface area (Å²) in [6.45, 7) is 2.16. The SMILES string of the molecule is CC(=O)NCCc1cc(-c2ccccc2)cc2ccc(N)cc12. The molecule has 0 spiro atoms. The summed E-state index contributed by atoms with van der Waals surface area (Å²) in [4.78, 5) is 11.1. The number of hydrogen-bond acceptors (Lipinski definition) is 2. The third-order valence-electron chi connectivity index (χ3n) is 3.94. The van der Waals surface area contributed by atoms with Crippen molar-refractivity contribution in [3.8, 4) is 11.1 Å². The summed E-state index contributed by atoms with van der Waals surface area (Å²) < 4.78 is 0. The molecule has 0 heterocycles. The van der Waals surface area contributed by atoms with Crippen molar-refractivity contribution in [2.75, 3.05) is 12.3 Å². The molecule has 3 nitrogen and oxygen atoms in total. The molecule has 0 fully saturated rings. The molecule has 0 aliphatic heterocycles. The molecule has 3 aromatic rings. The van der Waals surface area contributed by atoms with E-state index >= 15 is 0 Å². The van der Waals surface area contributed by atoms with Gasteiger partial charge < -0.3 is 11.1 Å². The van der Waals surface area contributed by atoms with Crippen LogP contribution in [0.25, 0.3) is 21.9 Å². The quantitative estimate of drug-likeness (QED) is 0.721. The number of carbonyl (C=O) groups is 1. The zero-order valence-corrected chi connectivity index (χ0v) is 13.2. The Morgan fingerprint density at radius 2 is 1.78 bits per heavy atom. The molecule has 116 valence electrons. The highest BCUT2D eigenvalue weighted by molar-refractivity contribution is 5.92. The Morgan fingerprint density at radius 3 is 2.52 bits per heavy atom. The average Bonchev–Trinajstić information content (AvgIpc) is 2.55. The molecule has 23 heavy (non-hydrogen) atoms. The highest BCUT2D eigenvalue weighted by atomic mass is 16.1. The minimum Gasteiger partial charge on any atom is -0.399 e. The summed E-state index contributed by atoms with van der Waals surface area (Å²) in [5.74, 6) is -0.00645. The lowest BCUT2D eigenvalue weighted by Crippen LogP contribution is -2.22. The maximum Gasteiger partial charge on any atom is 0.216 e. The maximum atomic E-state index is 11.1. The van der Waals surface area contributed by atoms with Gasteiger partial charge in [-0.05, 0) is 52.1 Å². The highest BCUT2D eigenvalue weighted by Crippen LogP contribution is 2.29. The molecule has 0 bridgehead atoms. The molecule has 0 aromatic heterocycles. The van der Waals surface area contributed by atoms with Crippen molar-refractivity contribution in [1.29, 1.82) is 0 Å². The first kappa shape index (κ1) is 15.1. The van der Waals surface area contributed by atoms with E-state index in [4.69, 9.17) is 5.73 Å². The van der Waals surface area contributed by atoms with Crippen molar-refractivity contribution in [2.45, 2.75) is 13.3 Å². The lowest BCUT2D eigenvalue weighted by Gasteiger charge is -2.12. The maximum absolute atomic E-state index is 11.1. The van der Waals surface area contributed by atoms with Gasteiger partial charge in [0, 0.05) is 19.2 Å². The predicted molar refractivity (Wildman–Crippen MR) is 96.2 cm³/mol. The second kappa shape index (κ2) is 6.53. The van der Waals surface area contributed by atoms with Crippen molar-refractivity contribution in [3.05, 3.63) is 66.2 Å². The molecular formula is C20H20N2O. The van der Waals surface area contributed by atoms with Gasteiger partial charge in [-0.3, -0.25) is 4.79 Å². The highest BCUT2D eigenvalue weighted by Gasteiger charge is 2.07. The lowest BCUT2D eigenvalue weighted by molar-refractivity contribution is -0.118. The summed E-state index contributed by atoms with van der Waals surface area (Å²) in [5.41, 5.74) is 10.3. The Hall–Kier alpha value is -2.81. The molecule has 1 amide bonds. The van der Waals surface area contributed by atoms with E-state index in [2.05, 4.69) is 35.6 Å². The molecule has 3 rings (SSSR count). The van der Waals surface area contributed by atoms with Crippen LogP contribution in [0.2, 0.25) is 0 Å². The van der Waals surface area contributed by atoms with Gasteiger partial charge in [-0.15, -0.1) is 0 Å². The molecule has 0 unspecified atom stereocenters. The smallest absolute Gasteiger partial charge is 0.216 e. The summed E-state index contributed by atoms with van der Waals surface area (Å²) in [6, 6.07) is 20.7. The van der Waals surface area contributed by atoms with Crippen molar-refractivity contribution in [1.82, 2.24) is 5.32 Å². The number of nitrogen functional groups attached to an aromatic ring is 1. The summed E-state index contributed by atoms with van der Waals surface area (Å²) in [5, 5.41) is 5.18. The first-order valence-electron chi connectivity index (χ1n) is 7.75. The largest absolute Gasteiger partial charge is 0.399 e. The van der Waals surface area contributed by atoms with Crippen molar-refractivity contribution in [3.63, 3.8) is 0 Å². The number of anilines is 1. The minimum atomic E-state index is -0.00645. The van der Waals surface area contributed by atoms with E-state index in [1.807, 2.05) is 30.3 Å². The third-order valence-corrected chi connectivity index (χ3v) is 3.94. The zero-order chi connectivity index (χ0) is 16.2. The van der Waals surface area contributed by atoms with E-state index in [1.165, 1.54) is 29.0 Å². The fourth-order valence-corrected chi connectivity index (χ4v) is 2.83. The Kier molecular flexibility index (Phi) is 4.29. The summed E-state index contributed by atoms with van der Waals surface area (Å²) in [7, 11) is 0. The van der Waals surface area contributed by atoms with Gasteiger partial charge in [0.15, 0.2) is 0 Å². The monoisotopic (exact) mass is 304 g/mol. The van der Waals surface area contributed by atoms with Gasteiger partial charge in [-0.1, -0.05) is 42.5 Å². The summed E-state index contributed by atoms with van der Waals surface area (Å²) >= 11 is 0. The zero-order valence-electron chi connectivity index (χ0n) is 13.2. The first-order chi connectivity index (χ1) is 11.1. The topological polar surface area (TPSA) is 55.1 Å². The molecular weight excluding hydrogens is 284 g/mol. The molecule has 0 saturated heterocycles. The van der Waals surface area contributed by atoms with Gasteiger partial charge >= 0.3 is 0 Å². The van der Waals surface area contributed by atoms with E-state index in [-0.39, 0.29) is 5.91 Å². The van der Waals surface area contributed by atoms with Crippen LogP contribution in [0.5, 0.6) is 0 Å². The predicted octanol–water partition coefficient (Wildman–Crippen LogP) is 3.77. The molecule has 0 aliphatic rings.